The summed E-state index contributed by atoms with van der Waals surface area (Å²) in [5.74, 6) is -4.73. The molecule has 14 heteroatoms. The first-order valence-electron chi connectivity index (χ1n) is 23.1. The number of likely N-dealkylation sites (N-methyl/N-ethyl adjacent to an activating group) is 1. The molecule has 64 heavy (non-hydrogen) atoms. The maximum Gasteiger partial charge on any atom is 0.311 e. The second-order valence-corrected chi connectivity index (χ2v) is 19.7. The minimum atomic E-state index is -2.00. The minimum Gasteiger partial charge on any atom is -0.459 e. The molecule has 3 heterocycles. The highest BCUT2D eigenvalue weighted by Gasteiger charge is 2.54. The number of benzene rings is 2. The van der Waals surface area contributed by atoms with E-state index in [4.69, 9.17) is 33.2 Å². The van der Waals surface area contributed by atoms with E-state index in [9.17, 15) is 30.0 Å². The van der Waals surface area contributed by atoms with Crippen LogP contribution >= 0.6 is 0 Å². The molecule has 18 atom stereocenters. The van der Waals surface area contributed by atoms with Gasteiger partial charge >= 0.3 is 5.97 Å². The topological polar surface area (TPSA) is 183 Å². The molecule has 4 N–H and O–H groups in total. The Balaban J connectivity index is 1.67. The highest BCUT2D eigenvalue weighted by atomic mass is 16.7. The lowest BCUT2D eigenvalue weighted by Crippen LogP contribution is -2.61. The van der Waals surface area contributed by atoms with Crippen LogP contribution in [0, 0.1) is 23.7 Å². The van der Waals surface area contributed by atoms with Gasteiger partial charge in [-0.15, -0.1) is 0 Å². The molecule has 0 aromatic heterocycles. The van der Waals surface area contributed by atoms with E-state index in [0.29, 0.717) is 6.42 Å². The molecule has 0 spiro atoms. The van der Waals surface area contributed by atoms with Crippen molar-refractivity contribution in [2.24, 2.45) is 23.7 Å². The van der Waals surface area contributed by atoms with Crippen molar-refractivity contribution in [3.63, 3.8) is 0 Å². The van der Waals surface area contributed by atoms with Gasteiger partial charge in [0, 0.05) is 37.3 Å². The summed E-state index contributed by atoms with van der Waals surface area (Å²) in [6.45, 7) is 17.3. The summed E-state index contributed by atoms with van der Waals surface area (Å²) in [5, 5.41) is 48.8. The number of methoxy groups -OCH3 is 1. The standard InChI is InChI=1S/C50H77NO13/c1-14-38-50(10,57)43(54)30(4)40(52)28(2)26-49(9,59-24-18-22-35-21-17-20-34-19-15-16-23-36(34)35)45(64-47-41(53)37(51(11)12)25-29(3)60-47)31(5)42(32(6)46(56)62-38)63-39-27-48(8,58-13)44(55)33(7)61-39/h15-23,28-33,37-39,41-45,47,53-55,57H,14,24-27H2,1-13H3/b22-18+/t28-,29-,30+,31+,32-,33+,37+,38-,39+,41-,42+,43-,44+,45-,47+,48-,49+,50-/m1/s1. The van der Waals surface area contributed by atoms with E-state index in [1.807, 2.05) is 76.2 Å². The Morgan fingerprint density at radius 3 is 2.19 bits per heavy atom. The third-order valence-corrected chi connectivity index (χ3v) is 14.4. The maximum absolute atomic E-state index is 14.5. The Hall–Kier alpha value is -2.86. The molecule has 0 bridgehead atoms. The van der Waals surface area contributed by atoms with E-state index in [1.165, 1.54) is 14.0 Å². The molecule has 0 unspecified atom stereocenters. The molecule has 3 aliphatic heterocycles. The van der Waals surface area contributed by atoms with Crippen molar-refractivity contribution < 1.29 is 63.2 Å². The van der Waals surface area contributed by atoms with Crippen LogP contribution in [0.15, 0.2) is 48.5 Å². The largest absolute Gasteiger partial charge is 0.459 e. The normalized spacial score (nSPS) is 42.2. The Labute approximate surface area is 380 Å². The fourth-order valence-electron chi connectivity index (χ4n) is 10.3. The molecule has 0 amide bonds. The number of esters is 1. The van der Waals surface area contributed by atoms with Crippen molar-refractivity contribution >= 4 is 28.6 Å². The van der Waals surface area contributed by atoms with Gasteiger partial charge in [0.2, 0.25) is 0 Å². The highest BCUT2D eigenvalue weighted by molar-refractivity contribution is 5.90. The van der Waals surface area contributed by atoms with Crippen LogP contribution in [0.4, 0.5) is 0 Å². The van der Waals surface area contributed by atoms with E-state index >= 15 is 0 Å². The predicted molar refractivity (Wildman–Crippen MR) is 243 cm³/mol. The van der Waals surface area contributed by atoms with Crippen LogP contribution in [0.1, 0.15) is 100 Å². The summed E-state index contributed by atoms with van der Waals surface area (Å²) >= 11 is 0. The van der Waals surface area contributed by atoms with Crippen LogP contribution < -0.4 is 0 Å². The summed E-state index contributed by atoms with van der Waals surface area (Å²) in [7, 11) is 5.29. The van der Waals surface area contributed by atoms with Crippen molar-refractivity contribution in [1.29, 1.82) is 0 Å². The third kappa shape index (κ3) is 11.3. The fraction of sp³-hybridized carbons (Fsp3) is 0.720. The van der Waals surface area contributed by atoms with Gasteiger partial charge in [0.1, 0.15) is 29.7 Å². The number of hydrogen-bond donors (Lipinski definition) is 4. The zero-order valence-corrected chi connectivity index (χ0v) is 40.3. The van der Waals surface area contributed by atoms with Gasteiger partial charge in [-0.25, -0.2) is 0 Å². The van der Waals surface area contributed by atoms with E-state index in [1.54, 1.807) is 41.5 Å². The van der Waals surface area contributed by atoms with Crippen LogP contribution in [-0.4, -0.2) is 149 Å². The van der Waals surface area contributed by atoms with Crippen LogP contribution in [0.3, 0.4) is 0 Å². The van der Waals surface area contributed by atoms with Gasteiger partial charge in [0.15, 0.2) is 12.6 Å². The summed E-state index contributed by atoms with van der Waals surface area (Å²) < 4.78 is 45.5. The van der Waals surface area contributed by atoms with Crippen molar-refractivity contribution in [2.75, 3.05) is 27.8 Å². The molecule has 3 aliphatic rings. The lowest BCUT2D eigenvalue weighted by molar-refractivity contribution is -0.320. The second kappa shape index (κ2) is 21.4. The summed E-state index contributed by atoms with van der Waals surface area (Å²) in [5.41, 5.74) is -3.45. The molecule has 5 rings (SSSR count). The minimum absolute atomic E-state index is 0.0608. The molecule has 0 aliphatic carbocycles. The second-order valence-electron chi connectivity index (χ2n) is 19.7. The number of fused-ring (bicyclic) bond motifs is 1. The number of Topliss-reactive ketones (excluding diaryl/α,β-unsaturated/α-hetero) is 1. The molecule has 0 radical (unpaired) electrons. The molecule has 2 aromatic carbocycles. The first-order chi connectivity index (χ1) is 30.0. The van der Waals surface area contributed by atoms with Crippen LogP contribution in [-0.2, 0) is 42.7 Å². The number of nitrogens with zero attached hydrogens (tertiary/aromatic N) is 1. The summed E-state index contributed by atoms with van der Waals surface area (Å²) in [4.78, 5) is 31.0. The predicted octanol–water partition coefficient (Wildman–Crippen LogP) is 5.68. The van der Waals surface area contributed by atoms with E-state index < -0.39 is 102 Å². The Morgan fingerprint density at radius 1 is 0.859 bits per heavy atom. The Morgan fingerprint density at radius 2 is 1.53 bits per heavy atom. The van der Waals surface area contributed by atoms with Gasteiger partial charge in [0.25, 0.3) is 0 Å². The lowest BCUT2D eigenvalue weighted by Gasteiger charge is -2.50. The summed E-state index contributed by atoms with van der Waals surface area (Å²) in [6.07, 6.45) is -5.40. The van der Waals surface area contributed by atoms with E-state index in [-0.39, 0.29) is 43.8 Å². The monoisotopic (exact) mass is 900 g/mol. The quantitative estimate of drug-likeness (QED) is 0.202. The van der Waals surface area contributed by atoms with Crippen molar-refractivity contribution in [3.8, 4) is 0 Å². The van der Waals surface area contributed by atoms with Gasteiger partial charge in [0.05, 0.1) is 54.2 Å². The number of hydrogen-bond acceptors (Lipinski definition) is 14. The number of aliphatic hydroxyl groups is 4. The zero-order chi connectivity index (χ0) is 47.5. The maximum atomic E-state index is 14.5. The van der Waals surface area contributed by atoms with E-state index in [2.05, 4.69) is 18.2 Å². The van der Waals surface area contributed by atoms with Crippen LogP contribution in [0.25, 0.3) is 16.8 Å². The van der Waals surface area contributed by atoms with Gasteiger partial charge in [-0.3, -0.25) is 9.59 Å². The molecule has 3 saturated heterocycles. The molecule has 3 fully saturated rings. The first-order valence-corrected chi connectivity index (χ1v) is 23.1. The molecule has 360 valence electrons. The highest BCUT2D eigenvalue weighted by Crippen LogP contribution is 2.42. The number of carbonyl (C=O) groups is 2. The fourth-order valence-corrected chi connectivity index (χ4v) is 10.3. The molecule has 2 aromatic rings. The first kappa shape index (κ1) is 52.1. The number of ketones is 1. The average molecular weight is 900 g/mol. The summed E-state index contributed by atoms with van der Waals surface area (Å²) in [6, 6.07) is 13.8. The number of carbonyl (C=O) groups excluding carboxylic acids is 2. The third-order valence-electron chi connectivity index (χ3n) is 14.4. The average Bonchev–Trinajstić information content (AvgIpc) is 3.26. The smallest absolute Gasteiger partial charge is 0.311 e. The number of aliphatic hydroxyl groups excluding tert-OH is 3. The SMILES string of the molecule is CC[C@H]1OC(=O)[C@H](C)[C@@H](O[C@H]2C[C@@](C)(OC)[C@@H](O)[C@H](C)O2)[C@H](C)[C@@H](O[C@@H]2O[C@H](C)C[C@H](N(C)C)[C@H]2O)[C@@](C)(OC/C=C/c2cccc3ccccc23)C[C@@H](C)C(=O)[C@H](C)[C@@H](O)[C@]1(C)O. The Bertz CT molecular complexity index is 1890. The van der Waals surface area contributed by atoms with Crippen molar-refractivity contribution in [3.05, 3.63) is 54.1 Å². The molecular weight excluding hydrogens is 823 g/mol. The Kier molecular flexibility index (Phi) is 17.4. The number of ether oxygens (including phenoxy) is 7. The van der Waals surface area contributed by atoms with Gasteiger partial charge < -0.3 is 58.5 Å². The lowest BCUT2D eigenvalue weighted by atomic mass is 9.73. The van der Waals surface area contributed by atoms with Crippen LogP contribution in [0.5, 0.6) is 0 Å². The number of rotatable bonds is 11. The van der Waals surface area contributed by atoms with Gasteiger partial charge in [-0.1, -0.05) is 82.3 Å². The zero-order valence-electron chi connectivity index (χ0n) is 40.3. The van der Waals surface area contributed by atoms with Crippen LogP contribution in [0.2, 0.25) is 0 Å². The molecule has 14 nitrogen and oxygen atoms in total. The molecular formula is C50H77NO13. The van der Waals surface area contributed by atoms with Crippen molar-refractivity contribution in [1.82, 2.24) is 4.90 Å². The van der Waals surface area contributed by atoms with Gasteiger partial charge in [-0.2, -0.15) is 0 Å². The molecule has 0 saturated carbocycles. The van der Waals surface area contributed by atoms with E-state index in [0.717, 1.165) is 16.3 Å². The van der Waals surface area contributed by atoms with Crippen molar-refractivity contribution in [2.45, 2.75) is 179 Å². The van der Waals surface area contributed by atoms with Gasteiger partial charge in [-0.05, 0) is 91.2 Å². The number of cyclic esters (lactones) is 1.